The molecule has 170 valence electrons. The van der Waals surface area contributed by atoms with Crippen molar-refractivity contribution in [1.82, 2.24) is 15.0 Å². The van der Waals surface area contributed by atoms with Crippen molar-refractivity contribution in [2.45, 2.75) is 6.43 Å². The van der Waals surface area contributed by atoms with E-state index in [1.807, 2.05) is 6.07 Å². The van der Waals surface area contributed by atoms with Gasteiger partial charge >= 0.3 is 0 Å². The third-order valence-corrected chi connectivity index (χ3v) is 6.04. The quantitative estimate of drug-likeness (QED) is 0.433. The summed E-state index contributed by atoms with van der Waals surface area (Å²) in [7, 11) is 0. The molecule has 0 aliphatic carbocycles. The van der Waals surface area contributed by atoms with Crippen molar-refractivity contribution in [2.75, 3.05) is 36.5 Å². The van der Waals surface area contributed by atoms with Gasteiger partial charge in [-0.25, -0.2) is 23.1 Å². The van der Waals surface area contributed by atoms with Crippen molar-refractivity contribution in [3.63, 3.8) is 0 Å². The van der Waals surface area contributed by atoms with Gasteiger partial charge in [0.05, 0.1) is 24.3 Å². The molecule has 0 atom stereocenters. The number of carbonyl (C=O) groups is 1. The van der Waals surface area contributed by atoms with Crippen LogP contribution in [0.25, 0.3) is 22.4 Å². The van der Waals surface area contributed by atoms with Crippen molar-refractivity contribution in [3.05, 3.63) is 58.9 Å². The summed E-state index contributed by atoms with van der Waals surface area (Å²) < 4.78 is 46.2. The minimum atomic E-state index is -2.89. The van der Waals surface area contributed by atoms with Crippen LogP contribution in [0, 0.1) is 5.82 Å². The van der Waals surface area contributed by atoms with Gasteiger partial charge in [-0.15, -0.1) is 11.3 Å². The molecule has 5 rings (SSSR count). The smallest absolute Gasteiger partial charge is 0.264 e. The van der Waals surface area contributed by atoms with Gasteiger partial charge in [0, 0.05) is 41.5 Å². The fraction of sp³-hybridized carbons (Fsp3) is 0.227. The largest absolute Gasteiger partial charge is 0.378 e. The van der Waals surface area contributed by atoms with Gasteiger partial charge in [0.15, 0.2) is 5.13 Å². The van der Waals surface area contributed by atoms with Crippen LogP contribution in [-0.2, 0) is 4.74 Å². The highest BCUT2D eigenvalue weighted by Gasteiger charge is 2.23. The number of imidazole rings is 1. The summed E-state index contributed by atoms with van der Waals surface area (Å²) in [5.74, 6) is -1.05. The normalized spacial score (nSPS) is 14.2. The number of aromatic amines is 1. The number of morpholine rings is 1. The van der Waals surface area contributed by atoms with Crippen molar-refractivity contribution in [2.24, 2.45) is 0 Å². The number of carbonyl (C=O) groups excluding carboxylic acids is 1. The Balaban J connectivity index is 1.64. The maximum Gasteiger partial charge on any atom is 0.264 e. The molecular weight excluding hydrogens is 455 g/mol. The molecule has 1 saturated heterocycles. The zero-order chi connectivity index (χ0) is 22.9. The number of hydrogen-bond donors (Lipinski definition) is 2. The van der Waals surface area contributed by atoms with E-state index in [9.17, 15) is 18.0 Å². The number of hydrogen-bond acceptors (Lipinski definition) is 6. The Morgan fingerprint density at radius 1 is 1.21 bits per heavy atom. The Morgan fingerprint density at radius 2 is 2.03 bits per heavy atom. The SMILES string of the molecule is O=C(Nc1nccs1)c1cc(N2CCOCC2)cc2[nH]c(-c3ccc(F)cc3C(F)F)nc12. The van der Waals surface area contributed by atoms with E-state index in [4.69, 9.17) is 4.74 Å². The highest BCUT2D eigenvalue weighted by Crippen LogP contribution is 2.34. The molecule has 2 aromatic carbocycles. The Hall–Kier alpha value is -3.44. The van der Waals surface area contributed by atoms with Crippen LogP contribution in [0.4, 0.5) is 24.0 Å². The number of halogens is 3. The second-order valence-corrected chi connectivity index (χ2v) is 8.29. The monoisotopic (exact) mass is 473 g/mol. The van der Waals surface area contributed by atoms with Crippen LogP contribution >= 0.6 is 11.3 Å². The molecule has 33 heavy (non-hydrogen) atoms. The number of fused-ring (bicyclic) bond motifs is 1. The number of alkyl halides is 2. The average molecular weight is 473 g/mol. The summed E-state index contributed by atoms with van der Waals surface area (Å²) in [6, 6.07) is 6.70. The molecule has 7 nitrogen and oxygen atoms in total. The zero-order valence-corrected chi connectivity index (χ0v) is 18.0. The first-order valence-corrected chi connectivity index (χ1v) is 11.0. The molecule has 0 radical (unpaired) electrons. The third kappa shape index (κ3) is 4.29. The summed E-state index contributed by atoms with van der Waals surface area (Å²) in [5.41, 5.74) is 1.47. The van der Waals surface area contributed by atoms with Crippen LogP contribution < -0.4 is 10.2 Å². The predicted molar refractivity (Wildman–Crippen MR) is 120 cm³/mol. The number of amides is 1. The van der Waals surface area contributed by atoms with Gasteiger partial charge in [-0.1, -0.05) is 0 Å². The van der Waals surface area contributed by atoms with Gasteiger partial charge in [0.1, 0.15) is 17.2 Å². The number of benzene rings is 2. The van der Waals surface area contributed by atoms with Crippen LogP contribution in [0.5, 0.6) is 0 Å². The lowest BCUT2D eigenvalue weighted by Gasteiger charge is -2.29. The molecule has 1 aliphatic heterocycles. The number of anilines is 2. The summed E-state index contributed by atoms with van der Waals surface area (Å²) in [4.78, 5) is 26.8. The van der Waals surface area contributed by atoms with E-state index in [0.717, 1.165) is 17.8 Å². The van der Waals surface area contributed by atoms with E-state index in [2.05, 4.69) is 25.2 Å². The standard InChI is InChI=1S/C22H18F3N5O2S/c23-12-1-2-14(15(9-12)19(24)25)20-27-17-11-13(30-4-6-32-7-5-30)10-16(18(17)28-20)21(31)29-22-26-3-8-33-22/h1-3,8-11,19H,4-7H2,(H,27,28)(H,26,29,31). The van der Waals surface area contributed by atoms with E-state index >= 15 is 0 Å². The van der Waals surface area contributed by atoms with Gasteiger partial charge in [0.2, 0.25) is 0 Å². The molecular formula is C22H18F3N5O2S. The maximum absolute atomic E-state index is 13.6. The van der Waals surface area contributed by atoms with Crippen LogP contribution in [0.3, 0.4) is 0 Å². The van der Waals surface area contributed by atoms with Crippen molar-refractivity contribution in [3.8, 4) is 11.4 Å². The summed E-state index contributed by atoms with van der Waals surface area (Å²) in [5, 5.41) is 4.92. The molecule has 1 amide bonds. The Bertz CT molecular complexity index is 1300. The molecule has 11 heteroatoms. The number of nitrogens with zero attached hydrogens (tertiary/aromatic N) is 3. The van der Waals surface area contributed by atoms with Crippen molar-refractivity contribution >= 4 is 39.1 Å². The van der Waals surface area contributed by atoms with Crippen molar-refractivity contribution in [1.29, 1.82) is 0 Å². The van der Waals surface area contributed by atoms with Gasteiger partial charge < -0.3 is 14.6 Å². The number of nitrogens with one attached hydrogen (secondary N) is 2. The highest BCUT2D eigenvalue weighted by molar-refractivity contribution is 7.13. The Morgan fingerprint density at radius 3 is 2.76 bits per heavy atom. The molecule has 4 aromatic rings. The molecule has 0 unspecified atom stereocenters. The van der Waals surface area contributed by atoms with Gasteiger partial charge in [0.25, 0.3) is 12.3 Å². The third-order valence-electron chi connectivity index (χ3n) is 5.35. The maximum atomic E-state index is 13.6. The van der Waals surface area contributed by atoms with Crippen LogP contribution in [0.2, 0.25) is 0 Å². The minimum Gasteiger partial charge on any atom is -0.378 e. The second kappa shape index (κ2) is 8.83. The van der Waals surface area contributed by atoms with Crippen LogP contribution in [0.1, 0.15) is 22.3 Å². The Kier molecular flexibility index (Phi) is 5.73. The molecule has 3 heterocycles. The molecule has 1 aliphatic rings. The van der Waals surface area contributed by atoms with Gasteiger partial charge in [-0.3, -0.25) is 10.1 Å². The summed E-state index contributed by atoms with van der Waals surface area (Å²) in [6.45, 7) is 2.40. The minimum absolute atomic E-state index is 0.0711. The van der Waals surface area contributed by atoms with E-state index < -0.39 is 23.7 Å². The van der Waals surface area contributed by atoms with Crippen molar-refractivity contribution < 1.29 is 22.7 Å². The van der Waals surface area contributed by atoms with E-state index in [1.54, 1.807) is 17.6 Å². The molecule has 0 saturated carbocycles. The fourth-order valence-corrected chi connectivity index (χ4v) is 4.31. The van der Waals surface area contributed by atoms with E-state index in [0.29, 0.717) is 42.5 Å². The molecule has 0 bridgehead atoms. The molecule has 1 fully saturated rings. The molecule has 2 N–H and O–H groups in total. The lowest BCUT2D eigenvalue weighted by atomic mass is 10.1. The predicted octanol–water partition coefficient (Wildman–Crippen LogP) is 4.85. The number of rotatable bonds is 5. The number of aromatic nitrogens is 3. The lowest BCUT2D eigenvalue weighted by molar-refractivity contribution is 0.102. The zero-order valence-electron chi connectivity index (χ0n) is 17.1. The first-order chi connectivity index (χ1) is 16.0. The fourth-order valence-electron chi connectivity index (χ4n) is 3.79. The second-order valence-electron chi connectivity index (χ2n) is 7.40. The number of thiazole rings is 1. The average Bonchev–Trinajstić information content (AvgIpc) is 3.48. The summed E-state index contributed by atoms with van der Waals surface area (Å²) >= 11 is 1.28. The van der Waals surface area contributed by atoms with Gasteiger partial charge in [-0.2, -0.15) is 0 Å². The van der Waals surface area contributed by atoms with Crippen LogP contribution in [0.15, 0.2) is 41.9 Å². The molecule has 0 spiro atoms. The number of ether oxygens (including phenoxy) is 1. The van der Waals surface area contributed by atoms with Gasteiger partial charge in [-0.05, 0) is 30.3 Å². The van der Waals surface area contributed by atoms with E-state index in [1.165, 1.54) is 17.4 Å². The van der Waals surface area contributed by atoms with Crippen LogP contribution in [-0.4, -0.2) is 47.2 Å². The lowest BCUT2D eigenvalue weighted by Crippen LogP contribution is -2.36. The Labute approximate surface area is 190 Å². The highest BCUT2D eigenvalue weighted by atomic mass is 32.1. The number of H-pyrrole nitrogens is 1. The first kappa shape index (κ1) is 21.4. The van der Waals surface area contributed by atoms with E-state index in [-0.39, 0.29) is 17.0 Å². The topological polar surface area (TPSA) is 83.1 Å². The summed E-state index contributed by atoms with van der Waals surface area (Å²) in [6.07, 6.45) is -1.31. The first-order valence-electron chi connectivity index (χ1n) is 10.1. The molecule has 2 aromatic heterocycles.